The predicted molar refractivity (Wildman–Crippen MR) is 54.6 cm³/mol. The Morgan fingerprint density at radius 2 is 2.14 bits per heavy atom. The average molecular weight is 195 g/mol. The van der Waals surface area contributed by atoms with Crippen molar-refractivity contribution in [3.63, 3.8) is 0 Å². The minimum atomic E-state index is 0.0223. The highest BCUT2D eigenvalue weighted by molar-refractivity contribution is 5.78. The fourth-order valence-corrected chi connectivity index (χ4v) is 1.13. The van der Waals surface area contributed by atoms with Crippen LogP contribution in [0.5, 0.6) is 0 Å². The van der Waals surface area contributed by atoms with Crippen molar-refractivity contribution in [2.24, 2.45) is 13.0 Å². The van der Waals surface area contributed by atoms with Gasteiger partial charge >= 0.3 is 0 Å². The lowest BCUT2D eigenvalue weighted by atomic mass is 10.1. The van der Waals surface area contributed by atoms with E-state index in [0.717, 1.165) is 5.56 Å². The first-order chi connectivity index (χ1) is 6.50. The lowest BCUT2D eigenvalue weighted by molar-refractivity contribution is -0.124. The van der Waals surface area contributed by atoms with Gasteiger partial charge in [-0.15, -0.1) is 0 Å². The summed E-state index contributed by atoms with van der Waals surface area (Å²) >= 11 is 0. The molecule has 78 valence electrons. The smallest absolute Gasteiger partial charge is 0.223 e. The van der Waals surface area contributed by atoms with E-state index in [0.29, 0.717) is 0 Å². The number of nitrogens with zero attached hydrogens (tertiary/aromatic N) is 2. The number of hydrogen-bond acceptors (Lipinski definition) is 2. The molecule has 1 atom stereocenters. The lowest BCUT2D eigenvalue weighted by Gasteiger charge is -2.13. The minimum Gasteiger partial charge on any atom is -0.349 e. The van der Waals surface area contributed by atoms with E-state index < -0.39 is 0 Å². The number of carbonyl (C=O) groups excluding carboxylic acids is 1. The van der Waals surface area contributed by atoms with Crippen LogP contribution >= 0.6 is 0 Å². The maximum absolute atomic E-state index is 11.4. The first kappa shape index (κ1) is 10.8. The van der Waals surface area contributed by atoms with Crippen LogP contribution < -0.4 is 5.32 Å². The number of aromatic nitrogens is 2. The van der Waals surface area contributed by atoms with Crippen LogP contribution in [0.4, 0.5) is 0 Å². The summed E-state index contributed by atoms with van der Waals surface area (Å²) < 4.78 is 1.73. The van der Waals surface area contributed by atoms with Gasteiger partial charge in [0.2, 0.25) is 5.91 Å². The molecular formula is C10H17N3O. The zero-order valence-electron chi connectivity index (χ0n) is 9.11. The molecule has 0 bridgehead atoms. The maximum atomic E-state index is 11.4. The van der Waals surface area contributed by atoms with Crippen LogP contribution in [0.1, 0.15) is 32.4 Å². The maximum Gasteiger partial charge on any atom is 0.223 e. The minimum absolute atomic E-state index is 0.0223. The van der Waals surface area contributed by atoms with Gasteiger partial charge in [-0.25, -0.2) is 0 Å². The molecular weight excluding hydrogens is 178 g/mol. The van der Waals surface area contributed by atoms with E-state index in [4.69, 9.17) is 0 Å². The van der Waals surface area contributed by atoms with E-state index in [9.17, 15) is 4.79 Å². The third-order valence-electron chi connectivity index (χ3n) is 2.11. The van der Waals surface area contributed by atoms with Crippen molar-refractivity contribution in [3.05, 3.63) is 18.0 Å². The van der Waals surface area contributed by atoms with Gasteiger partial charge in [-0.2, -0.15) is 5.10 Å². The quantitative estimate of drug-likeness (QED) is 0.789. The van der Waals surface area contributed by atoms with Gasteiger partial charge in [-0.3, -0.25) is 9.48 Å². The monoisotopic (exact) mass is 195 g/mol. The fraction of sp³-hybridized carbons (Fsp3) is 0.600. The summed E-state index contributed by atoms with van der Waals surface area (Å²) in [6, 6.07) is 0.0265. The second-order valence-electron chi connectivity index (χ2n) is 3.83. The van der Waals surface area contributed by atoms with Crippen LogP contribution in [0, 0.1) is 5.92 Å². The van der Waals surface area contributed by atoms with Gasteiger partial charge in [0, 0.05) is 24.7 Å². The molecule has 0 spiro atoms. The van der Waals surface area contributed by atoms with Gasteiger partial charge in [0.15, 0.2) is 0 Å². The molecule has 4 nitrogen and oxygen atoms in total. The second-order valence-corrected chi connectivity index (χ2v) is 3.83. The standard InChI is InChI=1S/C10H17N3O/c1-7(2)10(14)12-8(3)9-5-11-13(4)6-9/h5-8H,1-4H3,(H,12,14). The Bertz CT molecular complexity index is 317. The Hall–Kier alpha value is -1.32. The Labute approximate surface area is 84.3 Å². The highest BCUT2D eigenvalue weighted by atomic mass is 16.1. The molecule has 0 saturated carbocycles. The van der Waals surface area contributed by atoms with Crippen molar-refractivity contribution in [1.29, 1.82) is 0 Å². The lowest BCUT2D eigenvalue weighted by Crippen LogP contribution is -2.30. The Morgan fingerprint density at radius 1 is 1.50 bits per heavy atom. The summed E-state index contributed by atoms with van der Waals surface area (Å²) in [5, 5.41) is 6.97. The van der Waals surface area contributed by atoms with Crippen molar-refractivity contribution in [2.75, 3.05) is 0 Å². The molecule has 0 aromatic carbocycles. The Balaban J connectivity index is 2.59. The summed E-state index contributed by atoms with van der Waals surface area (Å²) in [7, 11) is 1.86. The third-order valence-corrected chi connectivity index (χ3v) is 2.11. The molecule has 1 amide bonds. The largest absolute Gasteiger partial charge is 0.349 e. The molecule has 1 rings (SSSR count). The van der Waals surface area contributed by atoms with Crippen LogP contribution in [0.25, 0.3) is 0 Å². The SMILES string of the molecule is CC(C)C(=O)NC(C)c1cnn(C)c1. The molecule has 1 aromatic rings. The summed E-state index contributed by atoms with van der Waals surface area (Å²) in [4.78, 5) is 11.4. The van der Waals surface area contributed by atoms with Crippen molar-refractivity contribution in [3.8, 4) is 0 Å². The van der Waals surface area contributed by atoms with Crippen molar-refractivity contribution in [2.45, 2.75) is 26.8 Å². The second kappa shape index (κ2) is 4.26. The molecule has 4 heteroatoms. The van der Waals surface area contributed by atoms with E-state index in [2.05, 4.69) is 10.4 Å². The highest BCUT2D eigenvalue weighted by Crippen LogP contribution is 2.10. The van der Waals surface area contributed by atoms with Gasteiger partial charge in [0.1, 0.15) is 0 Å². The molecule has 0 aliphatic heterocycles. The molecule has 0 radical (unpaired) electrons. The summed E-state index contributed by atoms with van der Waals surface area (Å²) in [5.74, 6) is 0.0930. The van der Waals surface area contributed by atoms with Crippen LogP contribution in [0.15, 0.2) is 12.4 Å². The molecule has 1 heterocycles. The van der Waals surface area contributed by atoms with Crippen LogP contribution in [0.3, 0.4) is 0 Å². The molecule has 0 aliphatic carbocycles. The highest BCUT2D eigenvalue weighted by Gasteiger charge is 2.12. The van der Waals surface area contributed by atoms with Crippen molar-refractivity contribution in [1.82, 2.24) is 15.1 Å². The average Bonchev–Trinajstić information content (AvgIpc) is 2.51. The number of hydrogen-bond donors (Lipinski definition) is 1. The Morgan fingerprint density at radius 3 is 2.57 bits per heavy atom. The van der Waals surface area contributed by atoms with E-state index in [1.54, 1.807) is 10.9 Å². The number of rotatable bonds is 3. The van der Waals surface area contributed by atoms with Crippen molar-refractivity contribution >= 4 is 5.91 Å². The van der Waals surface area contributed by atoms with Crippen LogP contribution in [-0.4, -0.2) is 15.7 Å². The number of amides is 1. The van der Waals surface area contributed by atoms with Gasteiger partial charge in [0.25, 0.3) is 0 Å². The normalized spacial score (nSPS) is 12.9. The molecule has 0 saturated heterocycles. The predicted octanol–water partition coefficient (Wildman–Crippen LogP) is 1.25. The zero-order chi connectivity index (χ0) is 10.7. The molecule has 0 fully saturated rings. The molecule has 14 heavy (non-hydrogen) atoms. The van der Waals surface area contributed by atoms with Gasteiger partial charge in [-0.05, 0) is 6.92 Å². The fourth-order valence-electron chi connectivity index (χ4n) is 1.13. The first-order valence-corrected chi connectivity index (χ1v) is 4.79. The number of aryl methyl sites for hydroxylation is 1. The molecule has 1 N–H and O–H groups in total. The third kappa shape index (κ3) is 2.58. The van der Waals surface area contributed by atoms with Crippen LogP contribution in [-0.2, 0) is 11.8 Å². The van der Waals surface area contributed by atoms with E-state index in [-0.39, 0.29) is 17.9 Å². The number of nitrogens with one attached hydrogen (secondary N) is 1. The zero-order valence-corrected chi connectivity index (χ0v) is 9.11. The van der Waals surface area contributed by atoms with Gasteiger partial charge in [-0.1, -0.05) is 13.8 Å². The van der Waals surface area contributed by atoms with Crippen LogP contribution in [0.2, 0.25) is 0 Å². The van der Waals surface area contributed by atoms with E-state index >= 15 is 0 Å². The number of carbonyl (C=O) groups is 1. The van der Waals surface area contributed by atoms with E-state index in [1.165, 1.54) is 0 Å². The molecule has 0 aliphatic rings. The van der Waals surface area contributed by atoms with Gasteiger partial charge < -0.3 is 5.32 Å². The summed E-state index contributed by atoms with van der Waals surface area (Å²) in [6.07, 6.45) is 3.68. The molecule has 1 unspecified atom stereocenters. The first-order valence-electron chi connectivity index (χ1n) is 4.79. The summed E-state index contributed by atoms with van der Waals surface area (Å²) in [6.45, 7) is 5.72. The van der Waals surface area contributed by atoms with Crippen molar-refractivity contribution < 1.29 is 4.79 Å². The Kier molecular flexibility index (Phi) is 3.28. The van der Waals surface area contributed by atoms with Gasteiger partial charge in [0.05, 0.1) is 12.2 Å². The molecule has 1 aromatic heterocycles. The topological polar surface area (TPSA) is 46.9 Å². The van der Waals surface area contributed by atoms with E-state index in [1.807, 2.05) is 34.0 Å². The summed E-state index contributed by atoms with van der Waals surface area (Å²) in [5.41, 5.74) is 1.03.